The van der Waals surface area contributed by atoms with Gasteiger partial charge in [-0.05, 0) is 44.0 Å². The van der Waals surface area contributed by atoms with E-state index in [1.54, 1.807) is 11.0 Å². The number of likely N-dealkylation sites (tertiary alicyclic amines) is 1. The van der Waals surface area contributed by atoms with Gasteiger partial charge in [0.25, 0.3) is 5.91 Å². The van der Waals surface area contributed by atoms with E-state index >= 15 is 0 Å². The molecular weight excluding hydrogens is 316 g/mol. The van der Waals surface area contributed by atoms with Gasteiger partial charge in [0.1, 0.15) is 12.7 Å². The third-order valence-corrected chi connectivity index (χ3v) is 4.89. The van der Waals surface area contributed by atoms with Crippen molar-refractivity contribution in [3.05, 3.63) is 42.5 Å². The first-order valence-electron chi connectivity index (χ1n) is 8.76. The molecule has 0 N–H and O–H groups in total. The van der Waals surface area contributed by atoms with Crippen LogP contribution in [0.25, 0.3) is 0 Å². The lowest BCUT2D eigenvalue weighted by atomic mass is 10.1. The van der Waals surface area contributed by atoms with Gasteiger partial charge in [-0.25, -0.2) is 4.98 Å². The number of carbonyl (C=O) groups is 1. The van der Waals surface area contributed by atoms with Crippen molar-refractivity contribution in [3.8, 4) is 0 Å². The maximum Gasteiger partial charge on any atom is 0.254 e. The van der Waals surface area contributed by atoms with Crippen LogP contribution in [0.5, 0.6) is 0 Å². The Balaban J connectivity index is 1.46. The highest BCUT2D eigenvalue weighted by Gasteiger charge is 2.30. The minimum Gasteiger partial charge on any atom is -0.334 e. The van der Waals surface area contributed by atoms with Crippen molar-refractivity contribution >= 4 is 17.3 Å². The second-order valence-electron chi connectivity index (χ2n) is 6.67. The maximum absolute atomic E-state index is 12.9. The van der Waals surface area contributed by atoms with Gasteiger partial charge in [-0.3, -0.25) is 14.5 Å². The average molecular weight is 338 g/mol. The van der Waals surface area contributed by atoms with Crippen molar-refractivity contribution in [1.29, 1.82) is 0 Å². The topological polar surface area (TPSA) is 66.6 Å². The molecule has 130 valence electrons. The van der Waals surface area contributed by atoms with Crippen molar-refractivity contribution in [2.75, 3.05) is 18.1 Å². The monoisotopic (exact) mass is 338 g/mol. The van der Waals surface area contributed by atoms with Gasteiger partial charge in [-0.15, -0.1) is 0 Å². The second kappa shape index (κ2) is 6.66. The third kappa shape index (κ3) is 3.26. The van der Waals surface area contributed by atoms with Crippen LogP contribution < -0.4 is 5.01 Å². The normalized spacial score (nSPS) is 20.2. The van der Waals surface area contributed by atoms with E-state index in [9.17, 15) is 4.79 Å². The largest absolute Gasteiger partial charge is 0.334 e. The van der Waals surface area contributed by atoms with Gasteiger partial charge in [-0.2, -0.15) is 10.2 Å². The SMILES string of the molecule is CC1=NN(c2ccc(C(=O)N3CCCC3Cn3cncn3)cc2)CC1. The molecule has 1 aromatic heterocycles. The third-order valence-electron chi connectivity index (χ3n) is 4.89. The number of aromatic nitrogens is 3. The van der Waals surface area contributed by atoms with Gasteiger partial charge in [-0.1, -0.05) is 0 Å². The van der Waals surface area contributed by atoms with Gasteiger partial charge in [0, 0.05) is 30.8 Å². The van der Waals surface area contributed by atoms with Crippen LogP contribution in [0.2, 0.25) is 0 Å². The Labute approximate surface area is 146 Å². The summed E-state index contributed by atoms with van der Waals surface area (Å²) >= 11 is 0. The summed E-state index contributed by atoms with van der Waals surface area (Å²) in [4.78, 5) is 18.9. The molecule has 7 nitrogen and oxygen atoms in total. The van der Waals surface area contributed by atoms with Crippen LogP contribution in [0, 0.1) is 0 Å². The van der Waals surface area contributed by atoms with Gasteiger partial charge >= 0.3 is 0 Å². The number of carbonyl (C=O) groups excluding carboxylic acids is 1. The van der Waals surface area contributed by atoms with E-state index in [4.69, 9.17) is 0 Å². The Bertz CT molecular complexity index is 767. The summed E-state index contributed by atoms with van der Waals surface area (Å²) in [5.41, 5.74) is 2.91. The molecule has 0 radical (unpaired) electrons. The van der Waals surface area contributed by atoms with Gasteiger partial charge in [0.05, 0.1) is 18.3 Å². The lowest BCUT2D eigenvalue weighted by molar-refractivity contribution is 0.0721. The van der Waals surface area contributed by atoms with E-state index in [-0.39, 0.29) is 11.9 Å². The predicted octanol–water partition coefficient (Wildman–Crippen LogP) is 2.17. The van der Waals surface area contributed by atoms with Crippen LogP contribution in [0.4, 0.5) is 5.69 Å². The second-order valence-corrected chi connectivity index (χ2v) is 6.67. The summed E-state index contributed by atoms with van der Waals surface area (Å²) in [5, 5.41) is 10.7. The van der Waals surface area contributed by atoms with Crippen molar-refractivity contribution in [1.82, 2.24) is 19.7 Å². The Morgan fingerprint density at radius 3 is 2.76 bits per heavy atom. The lowest BCUT2D eigenvalue weighted by Crippen LogP contribution is -2.38. The summed E-state index contributed by atoms with van der Waals surface area (Å²) in [5.74, 6) is 0.0928. The molecule has 0 aliphatic carbocycles. The zero-order chi connectivity index (χ0) is 17.2. The summed E-state index contributed by atoms with van der Waals surface area (Å²) in [6, 6.07) is 7.97. The number of nitrogens with zero attached hydrogens (tertiary/aromatic N) is 6. The van der Waals surface area contributed by atoms with E-state index < -0.39 is 0 Å². The fraction of sp³-hybridized carbons (Fsp3) is 0.444. The van der Waals surface area contributed by atoms with Crippen LogP contribution in [0.15, 0.2) is 42.0 Å². The Morgan fingerprint density at radius 1 is 1.24 bits per heavy atom. The first-order valence-corrected chi connectivity index (χ1v) is 8.76. The Hall–Kier alpha value is -2.70. The van der Waals surface area contributed by atoms with Crippen LogP contribution in [0.3, 0.4) is 0 Å². The molecule has 1 fully saturated rings. The number of hydrogen-bond donors (Lipinski definition) is 0. The van der Waals surface area contributed by atoms with E-state index in [1.807, 2.05) is 41.1 Å². The van der Waals surface area contributed by atoms with Gasteiger partial charge in [0.15, 0.2) is 0 Å². The highest BCUT2D eigenvalue weighted by Crippen LogP contribution is 2.24. The number of anilines is 1. The van der Waals surface area contributed by atoms with Crippen LogP contribution in [-0.2, 0) is 6.54 Å². The van der Waals surface area contributed by atoms with E-state index in [0.717, 1.165) is 49.3 Å². The lowest BCUT2D eigenvalue weighted by Gasteiger charge is -2.25. The number of rotatable bonds is 4. The van der Waals surface area contributed by atoms with Crippen LogP contribution >= 0.6 is 0 Å². The van der Waals surface area contributed by atoms with E-state index in [1.165, 1.54) is 6.33 Å². The highest BCUT2D eigenvalue weighted by molar-refractivity contribution is 5.95. The molecule has 7 heteroatoms. The van der Waals surface area contributed by atoms with Gasteiger partial charge in [0.2, 0.25) is 0 Å². The maximum atomic E-state index is 12.9. The predicted molar refractivity (Wildman–Crippen MR) is 95.6 cm³/mol. The molecule has 0 spiro atoms. The van der Waals surface area contributed by atoms with Crippen molar-refractivity contribution in [2.24, 2.45) is 5.10 Å². The minimum absolute atomic E-state index is 0.0928. The summed E-state index contributed by atoms with van der Waals surface area (Å²) in [6.07, 6.45) is 6.27. The van der Waals surface area contributed by atoms with Crippen molar-refractivity contribution < 1.29 is 4.79 Å². The number of hydrazone groups is 1. The number of amides is 1. The van der Waals surface area contributed by atoms with E-state index in [2.05, 4.69) is 15.2 Å². The molecule has 0 saturated carbocycles. The molecule has 3 heterocycles. The standard InChI is InChI=1S/C18H22N6O/c1-14-8-10-24(21-14)16-6-4-15(5-7-16)18(25)23-9-2-3-17(23)11-22-13-19-12-20-22/h4-7,12-13,17H,2-3,8-11H2,1H3. The molecule has 2 aromatic rings. The fourth-order valence-corrected chi connectivity index (χ4v) is 3.54. The minimum atomic E-state index is 0.0928. The smallest absolute Gasteiger partial charge is 0.254 e. The summed E-state index contributed by atoms with van der Waals surface area (Å²) < 4.78 is 1.80. The van der Waals surface area contributed by atoms with Crippen molar-refractivity contribution in [2.45, 2.75) is 38.8 Å². The molecule has 1 amide bonds. The molecular formula is C18H22N6O. The molecule has 2 aliphatic rings. The summed E-state index contributed by atoms with van der Waals surface area (Å²) in [6.45, 7) is 4.45. The first-order chi connectivity index (χ1) is 12.2. The Morgan fingerprint density at radius 2 is 2.08 bits per heavy atom. The quantitative estimate of drug-likeness (QED) is 0.857. The molecule has 1 atom stereocenters. The zero-order valence-corrected chi connectivity index (χ0v) is 14.4. The molecule has 1 aromatic carbocycles. The van der Waals surface area contributed by atoms with E-state index in [0.29, 0.717) is 6.54 Å². The molecule has 0 bridgehead atoms. The summed E-state index contributed by atoms with van der Waals surface area (Å²) in [7, 11) is 0. The highest BCUT2D eigenvalue weighted by atomic mass is 16.2. The van der Waals surface area contributed by atoms with Crippen LogP contribution in [-0.4, -0.2) is 50.4 Å². The fourth-order valence-electron chi connectivity index (χ4n) is 3.54. The number of benzene rings is 1. The molecule has 4 rings (SSSR count). The first kappa shape index (κ1) is 15.8. The molecule has 2 aliphatic heterocycles. The average Bonchev–Trinajstić information content (AvgIpc) is 3.37. The zero-order valence-electron chi connectivity index (χ0n) is 14.4. The van der Waals surface area contributed by atoms with Crippen molar-refractivity contribution in [3.63, 3.8) is 0 Å². The van der Waals surface area contributed by atoms with Gasteiger partial charge < -0.3 is 4.90 Å². The number of hydrogen-bond acceptors (Lipinski definition) is 5. The Kier molecular flexibility index (Phi) is 4.21. The molecule has 25 heavy (non-hydrogen) atoms. The van der Waals surface area contributed by atoms with Crippen LogP contribution in [0.1, 0.15) is 36.5 Å². The molecule has 1 unspecified atom stereocenters. The molecule has 1 saturated heterocycles.